The average Bonchev–Trinajstić information content (AvgIpc) is 2.87. The van der Waals surface area contributed by atoms with Gasteiger partial charge in [-0.1, -0.05) is 35.3 Å². The summed E-state index contributed by atoms with van der Waals surface area (Å²) in [6.45, 7) is 0. The van der Waals surface area contributed by atoms with Gasteiger partial charge in [0.1, 0.15) is 0 Å². The second-order valence-corrected chi connectivity index (χ2v) is 7.70. The number of thioether (sulfide) groups is 1. The molecule has 0 amide bonds. The second-order valence-electron chi connectivity index (χ2n) is 4.64. The Hall–Kier alpha value is -0.230. The molecule has 6 heteroatoms. The minimum atomic E-state index is -0.109. The molecule has 2 nitrogen and oxygen atoms in total. The van der Waals surface area contributed by atoms with Crippen molar-refractivity contribution in [3.8, 4) is 0 Å². The Morgan fingerprint density at radius 2 is 2.15 bits per heavy atom. The van der Waals surface area contributed by atoms with E-state index >= 15 is 0 Å². The summed E-state index contributed by atoms with van der Waals surface area (Å²) in [5.41, 5.74) is 5.23. The summed E-state index contributed by atoms with van der Waals surface area (Å²) >= 11 is 16.2. The van der Waals surface area contributed by atoms with E-state index in [2.05, 4.69) is 11.5 Å². The molecule has 106 valence electrons. The van der Waals surface area contributed by atoms with Gasteiger partial charge in [-0.05, 0) is 35.4 Å². The topological polar surface area (TPSA) is 38.0 Å². The molecule has 0 spiro atoms. The van der Waals surface area contributed by atoms with E-state index < -0.39 is 0 Å². The molecule has 1 atom stereocenters. The number of nitrogens with one attached hydrogen (secondary N) is 1. The first-order valence-electron chi connectivity index (χ1n) is 6.30. The van der Waals surface area contributed by atoms with Crippen LogP contribution in [0.25, 0.3) is 0 Å². The Balaban J connectivity index is 2.01. The first-order chi connectivity index (χ1) is 9.70. The predicted octanol–water partition coefficient (Wildman–Crippen LogP) is 4.40. The molecule has 1 aliphatic rings. The van der Waals surface area contributed by atoms with Gasteiger partial charge in [-0.2, -0.15) is 11.8 Å². The lowest BCUT2D eigenvalue weighted by atomic mass is 10.1. The lowest BCUT2D eigenvalue weighted by molar-refractivity contribution is 0.646. The van der Waals surface area contributed by atoms with Gasteiger partial charge < -0.3 is 0 Å². The van der Waals surface area contributed by atoms with Crippen molar-refractivity contribution >= 4 is 46.3 Å². The highest BCUT2D eigenvalue weighted by Crippen LogP contribution is 2.39. The number of nitrogens with two attached hydrogens (primary N) is 1. The van der Waals surface area contributed by atoms with Crippen LogP contribution < -0.4 is 11.3 Å². The monoisotopic (exact) mass is 344 g/mol. The van der Waals surface area contributed by atoms with Crippen LogP contribution in [0.15, 0.2) is 24.3 Å². The molecule has 0 saturated heterocycles. The SMILES string of the molecule is NNC(c1cc2c(s1)CCSC2)c1cccc(Cl)c1Cl. The van der Waals surface area contributed by atoms with E-state index in [0.29, 0.717) is 10.0 Å². The zero-order valence-electron chi connectivity index (χ0n) is 10.7. The number of benzene rings is 1. The molecule has 0 bridgehead atoms. The van der Waals surface area contributed by atoms with Crippen molar-refractivity contribution in [2.75, 3.05) is 5.75 Å². The maximum atomic E-state index is 6.32. The van der Waals surface area contributed by atoms with Crippen LogP contribution in [-0.2, 0) is 12.2 Å². The first kappa shape index (κ1) is 14.7. The number of hydrogen-bond acceptors (Lipinski definition) is 4. The third-order valence-corrected chi connectivity index (χ3v) is 6.53. The molecule has 0 aliphatic carbocycles. The van der Waals surface area contributed by atoms with Crippen LogP contribution in [0.5, 0.6) is 0 Å². The fourth-order valence-corrected chi connectivity index (χ4v) is 5.25. The zero-order chi connectivity index (χ0) is 14.1. The van der Waals surface area contributed by atoms with Crippen LogP contribution in [0.3, 0.4) is 0 Å². The maximum absolute atomic E-state index is 6.32. The summed E-state index contributed by atoms with van der Waals surface area (Å²) in [4.78, 5) is 2.67. The van der Waals surface area contributed by atoms with Gasteiger partial charge >= 0.3 is 0 Å². The molecule has 3 rings (SSSR count). The molecule has 3 N–H and O–H groups in total. The third kappa shape index (κ3) is 2.73. The summed E-state index contributed by atoms with van der Waals surface area (Å²) in [6.07, 6.45) is 1.14. The van der Waals surface area contributed by atoms with Crippen molar-refractivity contribution < 1.29 is 0 Å². The Morgan fingerprint density at radius 3 is 2.90 bits per heavy atom. The van der Waals surface area contributed by atoms with E-state index in [-0.39, 0.29) is 6.04 Å². The van der Waals surface area contributed by atoms with E-state index in [1.54, 1.807) is 6.07 Å². The molecule has 1 aromatic carbocycles. The number of aryl methyl sites for hydroxylation is 1. The summed E-state index contributed by atoms with van der Waals surface area (Å²) in [5, 5.41) is 1.12. The van der Waals surface area contributed by atoms with Gasteiger partial charge in [-0.25, -0.2) is 5.43 Å². The minimum absolute atomic E-state index is 0.109. The van der Waals surface area contributed by atoms with Gasteiger partial charge in [-0.15, -0.1) is 11.3 Å². The molecular formula is C14H14Cl2N2S2. The van der Waals surface area contributed by atoms with Crippen molar-refractivity contribution in [1.82, 2.24) is 5.43 Å². The highest BCUT2D eigenvalue weighted by molar-refractivity contribution is 7.98. The average molecular weight is 345 g/mol. The lowest BCUT2D eigenvalue weighted by Crippen LogP contribution is -2.28. The normalized spacial score (nSPS) is 15.9. The van der Waals surface area contributed by atoms with Crippen molar-refractivity contribution in [3.05, 3.63) is 55.2 Å². The van der Waals surface area contributed by atoms with Crippen molar-refractivity contribution in [2.45, 2.75) is 18.2 Å². The molecule has 1 aliphatic heterocycles. The standard InChI is InChI=1S/C14H14Cl2N2S2/c15-10-3-1-2-9(13(10)16)14(18-17)12-6-8-7-19-5-4-11(8)20-12/h1-3,6,14,18H,4-5,7,17H2. The number of fused-ring (bicyclic) bond motifs is 1. The highest BCUT2D eigenvalue weighted by atomic mass is 35.5. The Labute approximate surface area is 136 Å². The zero-order valence-corrected chi connectivity index (χ0v) is 13.8. The maximum Gasteiger partial charge on any atom is 0.0817 e. The van der Waals surface area contributed by atoms with E-state index in [0.717, 1.165) is 17.7 Å². The van der Waals surface area contributed by atoms with Gasteiger partial charge in [-0.3, -0.25) is 5.84 Å². The number of rotatable bonds is 3. The van der Waals surface area contributed by atoms with Crippen LogP contribution in [0.1, 0.15) is 26.9 Å². The van der Waals surface area contributed by atoms with E-state index in [1.165, 1.54) is 21.1 Å². The Morgan fingerprint density at radius 1 is 1.30 bits per heavy atom. The van der Waals surface area contributed by atoms with Gasteiger partial charge in [0.2, 0.25) is 0 Å². The summed E-state index contributed by atoms with van der Waals surface area (Å²) in [5.74, 6) is 8.05. The molecule has 1 unspecified atom stereocenters. The van der Waals surface area contributed by atoms with Gasteiger partial charge in [0, 0.05) is 15.5 Å². The summed E-state index contributed by atoms with van der Waals surface area (Å²) in [6, 6.07) is 7.79. The van der Waals surface area contributed by atoms with E-state index in [4.69, 9.17) is 29.0 Å². The quantitative estimate of drug-likeness (QED) is 0.640. The number of hydrazine groups is 1. The molecule has 0 saturated carbocycles. The molecule has 2 heterocycles. The molecule has 20 heavy (non-hydrogen) atoms. The smallest absolute Gasteiger partial charge is 0.0817 e. The molecule has 1 aromatic heterocycles. The van der Waals surface area contributed by atoms with Crippen molar-refractivity contribution in [2.24, 2.45) is 5.84 Å². The van der Waals surface area contributed by atoms with Crippen molar-refractivity contribution in [1.29, 1.82) is 0 Å². The molecule has 0 fully saturated rings. The highest BCUT2D eigenvalue weighted by Gasteiger charge is 2.22. The lowest BCUT2D eigenvalue weighted by Gasteiger charge is -2.16. The van der Waals surface area contributed by atoms with Crippen LogP contribution in [-0.4, -0.2) is 5.75 Å². The molecule has 2 aromatic rings. The predicted molar refractivity (Wildman–Crippen MR) is 89.8 cm³/mol. The van der Waals surface area contributed by atoms with Gasteiger partial charge in [0.05, 0.1) is 16.1 Å². The molecular weight excluding hydrogens is 331 g/mol. The fraction of sp³-hybridized carbons (Fsp3) is 0.286. The molecule has 0 radical (unpaired) electrons. The second kappa shape index (κ2) is 6.26. The Kier molecular flexibility index (Phi) is 4.60. The van der Waals surface area contributed by atoms with Crippen LogP contribution >= 0.6 is 46.3 Å². The minimum Gasteiger partial charge on any atom is -0.271 e. The Bertz CT molecular complexity index is 604. The fourth-order valence-electron chi connectivity index (χ4n) is 2.38. The van der Waals surface area contributed by atoms with Gasteiger partial charge in [0.15, 0.2) is 0 Å². The van der Waals surface area contributed by atoms with E-state index in [1.807, 2.05) is 35.2 Å². The largest absolute Gasteiger partial charge is 0.271 e. The van der Waals surface area contributed by atoms with Crippen LogP contribution in [0.4, 0.5) is 0 Å². The number of hydrogen-bond donors (Lipinski definition) is 2. The summed E-state index contributed by atoms with van der Waals surface area (Å²) < 4.78 is 0. The third-order valence-electron chi connectivity index (χ3n) is 3.39. The van der Waals surface area contributed by atoms with Gasteiger partial charge in [0.25, 0.3) is 0 Å². The number of thiophene rings is 1. The number of halogens is 2. The van der Waals surface area contributed by atoms with E-state index in [9.17, 15) is 0 Å². The van der Waals surface area contributed by atoms with Crippen LogP contribution in [0, 0.1) is 0 Å². The van der Waals surface area contributed by atoms with Crippen molar-refractivity contribution in [3.63, 3.8) is 0 Å². The van der Waals surface area contributed by atoms with Crippen LogP contribution in [0.2, 0.25) is 10.0 Å². The first-order valence-corrected chi connectivity index (χ1v) is 9.02. The summed E-state index contributed by atoms with van der Waals surface area (Å²) in [7, 11) is 0.